The molecule has 1 aromatic rings. The van der Waals surface area contributed by atoms with Crippen LogP contribution < -0.4 is 9.47 Å². The quantitative estimate of drug-likeness (QED) is 0.804. The third-order valence-electron chi connectivity index (χ3n) is 3.69. The Morgan fingerprint density at radius 1 is 1.57 bits per heavy atom. The van der Waals surface area contributed by atoms with E-state index >= 15 is 0 Å². The van der Waals surface area contributed by atoms with Gasteiger partial charge in [-0.15, -0.1) is 0 Å². The number of aliphatic hydroxyl groups is 1. The third kappa shape index (κ3) is 4.24. The molecule has 1 heterocycles. The smallest absolute Gasteiger partial charge is 0.254 e. The van der Waals surface area contributed by atoms with Gasteiger partial charge < -0.3 is 24.2 Å². The number of rotatable bonds is 6. The molecule has 1 aromatic carbocycles. The van der Waals surface area contributed by atoms with Crippen molar-refractivity contribution in [2.24, 2.45) is 0 Å². The number of carbonyl (C=O) groups excluding carboxylic acids is 1. The highest BCUT2D eigenvalue weighted by atomic mass is 16.5. The second-order valence-electron chi connectivity index (χ2n) is 5.37. The summed E-state index contributed by atoms with van der Waals surface area (Å²) in [5, 5.41) is 9.64. The standard InChI is InChI=1S/C17H23NO5/c1-4-8-22-14-6-5-13(10-15(14)21-3)17(20)18-7-9-23-16(11-18)12(2)19/h4-6,10,12,16,19H,1,7-9,11H2,2-3H3/t12-,16-/m1/s1. The highest BCUT2D eigenvalue weighted by Crippen LogP contribution is 2.29. The summed E-state index contributed by atoms with van der Waals surface area (Å²) in [4.78, 5) is 14.3. The molecule has 2 atom stereocenters. The van der Waals surface area contributed by atoms with Gasteiger partial charge in [0.05, 0.1) is 19.8 Å². The molecule has 23 heavy (non-hydrogen) atoms. The van der Waals surface area contributed by atoms with Gasteiger partial charge in [-0.25, -0.2) is 0 Å². The van der Waals surface area contributed by atoms with Crippen molar-refractivity contribution in [2.45, 2.75) is 19.1 Å². The van der Waals surface area contributed by atoms with Crippen LogP contribution in [0.15, 0.2) is 30.9 Å². The molecule has 0 saturated carbocycles. The second-order valence-corrected chi connectivity index (χ2v) is 5.37. The average Bonchev–Trinajstić information content (AvgIpc) is 2.59. The minimum Gasteiger partial charge on any atom is -0.493 e. The topological polar surface area (TPSA) is 68.2 Å². The van der Waals surface area contributed by atoms with E-state index < -0.39 is 6.10 Å². The van der Waals surface area contributed by atoms with Crippen LogP contribution >= 0.6 is 0 Å². The van der Waals surface area contributed by atoms with E-state index in [-0.39, 0.29) is 12.0 Å². The van der Waals surface area contributed by atoms with Crippen LogP contribution in [0.25, 0.3) is 0 Å². The summed E-state index contributed by atoms with van der Waals surface area (Å²) >= 11 is 0. The molecule has 0 spiro atoms. The summed E-state index contributed by atoms with van der Waals surface area (Å²) in [6, 6.07) is 5.08. The van der Waals surface area contributed by atoms with E-state index in [1.54, 1.807) is 36.1 Å². The Hall–Kier alpha value is -2.05. The minimum absolute atomic E-state index is 0.118. The van der Waals surface area contributed by atoms with Gasteiger partial charge in [0.1, 0.15) is 12.7 Å². The third-order valence-corrected chi connectivity index (χ3v) is 3.69. The monoisotopic (exact) mass is 321 g/mol. The molecule has 6 nitrogen and oxygen atoms in total. The van der Waals surface area contributed by atoms with Crippen molar-refractivity contribution in [3.05, 3.63) is 36.4 Å². The van der Waals surface area contributed by atoms with Gasteiger partial charge >= 0.3 is 0 Å². The molecular weight excluding hydrogens is 298 g/mol. The van der Waals surface area contributed by atoms with Crippen molar-refractivity contribution in [2.75, 3.05) is 33.4 Å². The zero-order valence-electron chi connectivity index (χ0n) is 13.5. The number of carbonyl (C=O) groups is 1. The summed E-state index contributed by atoms with van der Waals surface area (Å²) in [5.74, 6) is 0.943. The van der Waals surface area contributed by atoms with E-state index in [2.05, 4.69) is 6.58 Å². The molecule has 0 aromatic heterocycles. The van der Waals surface area contributed by atoms with Crippen LogP contribution in [0.1, 0.15) is 17.3 Å². The maximum Gasteiger partial charge on any atom is 0.254 e. The Bertz CT molecular complexity index is 558. The van der Waals surface area contributed by atoms with Crippen LogP contribution in [0.3, 0.4) is 0 Å². The Morgan fingerprint density at radius 3 is 3.00 bits per heavy atom. The molecule has 1 amide bonds. The van der Waals surface area contributed by atoms with Crippen LogP contribution in [-0.2, 0) is 4.74 Å². The normalized spacial score (nSPS) is 19.1. The zero-order chi connectivity index (χ0) is 16.8. The first-order chi connectivity index (χ1) is 11.1. The fourth-order valence-corrected chi connectivity index (χ4v) is 2.40. The van der Waals surface area contributed by atoms with Crippen LogP contribution in [0, 0.1) is 0 Å². The van der Waals surface area contributed by atoms with Crippen molar-refractivity contribution in [3.8, 4) is 11.5 Å². The number of hydrogen-bond acceptors (Lipinski definition) is 5. The predicted molar refractivity (Wildman–Crippen MR) is 86.0 cm³/mol. The van der Waals surface area contributed by atoms with Crippen LogP contribution in [0.4, 0.5) is 0 Å². The fraction of sp³-hybridized carbons (Fsp3) is 0.471. The highest BCUT2D eigenvalue weighted by molar-refractivity contribution is 5.95. The molecule has 0 radical (unpaired) electrons. The average molecular weight is 321 g/mol. The Labute approximate surface area is 136 Å². The van der Waals surface area contributed by atoms with Crippen LogP contribution in [0.5, 0.6) is 11.5 Å². The number of benzene rings is 1. The van der Waals surface area contributed by atoms with Crippen molar-refractivity contribution < 1.29 is 24.1 Å². The summed E-state index contributed by atoms with van der Waals surface area (Å²) in [5.41, 5.74) is 0.513. The first kappa shape index (κ1) is 17.3. The zero-order valence-corrected chi connectivity index (χ0v) is 13.5. The number of hydrogen-bond donors (Lipinski definition) is 1. The second kappa shape index (κ2) is 7.99. The molecule has 6 heteroatoms. The molecule has 1 saturated heterocycles. The first-order valence-electron chi connectivity index (χ1n) is 7.57. The van der Waals surface area contributed by atoms with Gasteiger partial charge in [0.15, 0.2) is 11.5 Å². The SMILES string of the molecule is C=CCOc1ccc(C(=O)N2CCO[C@@H]([C@@H](C)O)C2)cc1OC. The van der Waals surface area contributed by atoms with E-state index in [4.69, 9.17) is 14.2 Å². The van der Waals surface area contributed by atoms with Crippen molar-refractivity contribution >= 4 is 5.91 Å². The van der Waals surface area contributed by atoms with Gasteiger partial charge in [-0.1, -0.05) is 12.7 Å². The predicted octanol–water partition coefficient (Wildman–Crippen LogP) is 1.48. The molecule has 0 unspecified atom stereocenters. The molecule has 1 aliphatic rings. The molecule has 1 fully saturated rings. The first-order valence-corrected chi connectivity index (χ1v) is 7.57. The largest absolute Gasteiger partial charge is 0.493 e. The van der Waals surface area contributed by atoms with Crippen LogP contribution in [0.2, 0.25) is 0 Å². The Morgan fingerprint density at radius 2 is 2.35 bits per heavy atom. The number of aliphatic hydroxyl groups excluding tert-OH is 1. The molecule has 0 aliphatic carbocycles. The van der Waals surface area contributed by atoms with E-state index in [1.807, 2.05) is 0 Å². The minimum atomic E-state index is -0.616. The van der Waals surface area contributed by atoms with Gasteiger partial charge in [0.2, 0.25) is 0 Å². The lowest BCUT2D eigenvalue weighted by molar-refractivity contribution is -0.0745. The molecule has 126 valence electrons. The Balaban J connectivity index is 2.14. The highest BCUT2D eigenvalue weighted by Gasteiger charge is 2.28. The summed E-state index contributed by atoms with van der Waals surface area (Å²) in [6.07, 6.45) is 0.669. The lowest BCUT2D eigenvalue weighted by atomic mass is 10.1. The van der Waals surface area contributed by atoms with Gasteiger partial charge in [-0.3, -0.25) is 4.79 Å². The maximum atomic E-state index is 12.6. The Kier molecular flexibility index (Phi) is 6.01. The summed E-state index contributed by atoms with van der Waals surface area (Å²) < 4.78 is 16.2. The summed E-state index contributed by atoms with van der Waals surface area (Å²) in [6.45, 7) is 6.91. The number of ether oxygens (including phenoxy) is 3. The number of amides is 1. The molecule has 1 aliphatic heterocycles. The molecular formula is C17H23NO5. The van der Waals surface area contributed by atoms with E-state index in [9.17, 15) is 9.90 Å². The summed E-state index contributed by atoms with van der Waals surface area (Å²) in [7, 11) is 1.53. The van der Waals surface area contributed by atoms with Crippen LogP contribution in [-0.4, -0.2) is 61.5 Å². The van der Waals surface area contributed by atoms with Gasteiger partial charge in [-0.2, -0.15) is 0 Å². The van der Waals surface area contributed by atoms with E-state index in [1.165, 1.54) is 7.11 Å². The lowest BCUT2D eigenvalue weighted by Gasteiger charge is -2.34. The van der Waals surface area contributed by atoms with Gasteiger partial charge in [0, 0.05) is 18.7 Å². The van der Waals surface area contributed by atoms with Crippen molar-refractivity contribution in [1.29, 1.82) is 0 Å². The van der Waals surface area contributed by atoms with E-state index in [0.717, 1.165) is 0 Å². The van der Waals surface area contributed by atoms with Gasteiger partial charge in [-0.05, 0) is 25.1 Å². The lowest BCUT2D eigenvalue weighted by Crippen LogP contribution is -2.49. The van der Waals surface area contributed by atoms with Gasteiger partial charge in [0.25, 0.3) is 5.91 Å². The maximum absolute atomic E-state index is 12.6. The van der Waals surface area contributed by atoms with E-state index in [0.29, 0.717) is 43.4 Å². The van der Waals surface area contributed by atoms with Crippen molar-refractivity contribution in [3.63, 3.8) is 0 Å². The van der Waals surface area contributed by atoms with Crippen molar-refractivity contribution in [1.82, 2.24) is 4.90 Å². The number of methoxy groups -OCH3 is 1. The molecule has 2 rings (SSSR count). The number of nitrogens with zero attached hydrogens (tertiary/aromatic N) is 1. The fourth-order valence-electron chi connectivity index (χ4n) is 2.40. The number of morpholine rings is 1. The molecule has 1 N–H and O–H groups in total. The molecule has 0 bridgehead atoms.